The maximum Gasteiger partial charge on any atom is 0.305 e. The minimum Gasteiger partial charge on any atom is -0.481 e. The van der Waals surface area contributed by atoms with E-state index in [4.69, 9.17) is 5.11 Å². The summed E-state index contributed by atoms with van der Waals surface area (Å²) < 4.78 is 1.58. The van der Waals surface area contributed by atoms with Gasteiger partial charge in [0.1, 0.15) is 0 Å². The van der Waals surface area contributed by atoms with E-state index in [1.165, 1.54) is 0 Å². The second-order valence-electron chi connectivity index (χ2n) is 3.74. The smallest absolute Gasteiger partial charge is 0.305 e. The van der Waals surface area contributed by atoms with Gasteiger partial charge in [-0.15, -0.1) is 16.4 Å². The summed E-state index contributed by atoms with van der Waals surface area (Å²) in [6.07, 6.45) is 0.650. The number of aromatic nitrogens is 4. The van der Waals surface area contributed by atoms with E-state index in [1.54, 1.807) is 22.9 Å². The van der Waals surface area contributed by atoms with Crippen LogP contribution in [0.5, 0.6) is 0 Å². The summed E-state index contributed by atoms with van der Waals surface area (Å²) in [5.74, 6) is -0.156. The zero-order chi connectivity index (χ0) is 12.3. The molecule has 0 spiro atoms. The number of carboxylic acids is 1. The van der Waals surface area contributed by atoms with Crippen molar-refractivity contribution in [2.24, 2.45) is 0 Å². The second kappa shape index (κ2) is 5.05. The molecule has 0 aliphatic rings. The van der Waals surface area contributed by atoms with E-state index in [1.807, 2.05) is 17.5 Å². The van der Waals surface area contributed by atoms with Crippen LogP contribution in [-0.2, 0) is 11.2 Å². The fourth-order valence-corrected chi connectivity index (χ4v) is 2.28. The Kier molecular flexibility index (Phi) is 3.48. The van der Waals surface area contributed by atoms with Gasteiger partial charge >= 0.3 is 5.97 Å². The van der Waals surface area contributed by atoms with Gasteiger partial charge in [-0.3, -0.25) is 4.79 Å². The fraction of sp³-hybridized carbons (Fsp3) is 0.400. The molecule has 17 heavy (non-hydrogen) atoms. The van der Waals surface area contributed by atoms with E-state index in [0.717, 1.165) is 4.88 Å². The summed E-state index contributed by atoms with van der Waals surface area (Å²) in [6.45, 7) is 1.79. The van der Waals surface area contributed by atoms with Gasteiger partial charge < -0.3 is 5.11 Å². The van der Waals surface area contributed by atoms with E-state index in [0.29, 0.717) is 12.2 Å². The van der Waals surface area contributed by atoms with Gasteiger partial charge in [0.05, 0.1) is 12.5 Å². The fourth-order valence-electron chi connectivity index (χ4n) is 1.58. The highest BCUT2D eigenvalue weighted by molar-refractivity contribution is 7.09. The van der Waals surface area contributed by atoms with E-state index in [9.17, 15) is 4.79 Å². The number of tetrazole rings is 1. The molecule has 2 heterocycles. The quantitative estimate of drug-likeness (QED) is 0.869. The molecule has 90 valence electrons. The average molecular weight is 252 g/mol. The van der Waals surface area contributed by atoms with Crippen LogP contribution in [0.15, 0.2) is 17.5 Å². The minimum absolute atomic E-state index is 0.0163. The molecule has 0 aliphatic heterocycles. The van der Waals surface area contributed by atoms with Crippen LogP contribution >= 0.6 is 11.3 Å². The molecule has 0 saturated carbocycles. The highest BCUT2D eigenvalue weighted by atomic mass is 32.1. The zero-order valence-electron chi connectivity index (χ0n) is 9.28. The molecular formula is C10H12N4O2S. The van der Waals surface area contributed by atoms with E-state index in [2.05, 4.69) is 15.5 Å². The van der Waals surface area contributed by atoms with E-state index >= 15 is 0 Å². The Morgan fingerprint density at radius 1 is 1.65 bits per heavy atom. The van der Waals surface area contributed by atoms with Crippen LogP contribution in [0, 0.1) is 0 Å². The number of carbonyl (C=O) groups is 1. The number of nitrogens with zero attached hydrogens (tertiary/aromatic N) is 4. The molecule has 0 radical (unpaired) electrons. The van der Waals surface area contributed by atoms with Crippen LogP contribution in [0.3, 0.4) is 0 Å². The molecule has 0 fully saturated rings. The predicted octanol–water partition coefficient (Wildman–Crippen LogP) is 1.36. The third-order valence-corrected chi connectivity index (χ3v) is 3.24. The van der Waals surface area contributed by atoms with Crippen molar-refractivity contribution in [1.82, 2.24) is 20.2 Å². The van der Waals surface area contributed by atoms with Crippen molar-refractivity contribution in [3.8, 4) is 0 Å². The number of rotatable bonds is 5. The lowest BCUT2D eigenvalue weighted by atomic mass is 10.2. The zero-order valence-corrected chi connectivity index (χ0v) is 10.1. The Bertz CT molecular complexity index is 494. The lowest BCUT2D eigenvalue weighted by molar-refractivity contribution is -0.137. The molecule has 1 atom stereocenters. The first-order valence-electron chi connectivity index (χ1n) is 5.17. The number of hydrogen-bond acceptors (Lipinski definition) is 5. The maximum absolute atomic E-state index is 10.7. The third-order valence-electron chi connectivity index (χ3n) is 2.36. The van der Waals surface area contributed by atoms with Gasteiger partial charge in [-0.05, 0) is 28.8 Å². The van der Waals surface area contributed by atoms with Crippen molar-refractivity contribution in [2.75, 3.05) is 0 Å². The molecule has 1 unspecified atom stereocenters. The molecule has 6 nitrogen and oxygen atoms in total. The Labute approximate surface area is 102 Å². The summed E-state index contributed by atoms with van der Waals surface area (Å²) >= 11 is 1.63. The molecule has 0 aliphatic carbocycles. The summed E-state index contributed by atoms with van der Waals surface area (Å²) in [5, 5.41) is 22.1. The van der Waals surface area contributed by atoms with Crippen LogP contribution < -0.4 is 0 Å². The van der Waals surface area contributed by atoms with Crippen molar-refractivity contribution in [1.29, 1.82) is 0 Å². The van der Waals surface area contributed by atoms with Gasteiger partial charge in [0.25, 0.3) is 0 Å². The van der Waals surface area contributed by atoms with Crippen LogP contribution in [0.4, 0.5) is 0 Å². The number of thiophene rings is 1. The summed E-state index contributed by atoms with van der Waals surface area (Å²) in [4.78, 5) is 11.8. The van der Waals surface area contributed by atoms with Crippen molar-refractivity contribution in [3.63, 3.8) is 0 Å². The maximum atomic E-state index is 10.7. The first-order valence-corrected chi connectivity index (χ1v) is 6.05. The molecule has 1 N–H and O–H groups in total. The highest BCUT2D eigenvalue weighted by Gasteiger charge is 2.16. The van der Waals surface area contributed by atoms with Crippen LogP contribution in [0.25, 0.3) is 0 Å². The third kappa shape index (κ3) is 2.88. The standard InChI is InChI=1S/C10H12N4O2S/c1-7(5-10(15)16)14-9(11-12-13-14)6-8-3-2-4-17-8/h2-4,7H,5-6H2,1H3,(H,15,16). The Hall–Kier alpha value is -1.76. The van der Waals surface area contributed by atoms with Crippen molar-refractivity contribution in [2.45, 2.75) is 25.8 Å². The lowest BCUT2D eigenvalue weighted by Crippen LogP contribution is -2.15. The van der Waals surface area contributed by atoms with Gasteiger partial charge in [-0.25, -0.2) is 4.68 Å². The Morgan fingerprint density at radius 3 is 3.12 bits per heavy atom. The molecule has 0 amide bonds. The first kappa shape index (κ1) is 11.7. The van der Waals surface area contributed by atoms with E-state index < -0.39 is 5.97 Å². The monoisotopic (exact) mass is 252 g/mol. The number of hydrogen-bond donors (Lipinski definition) is 1. The first-order chi connectivity index (χ1) is 8.16. The summed E-state index contributed by atoms with van der Waals surface area (Å²) in [6, 6.07) is 3.73. The van der Waals surface area contributed by atoms with Gasteiger partial charge in [0.15, 0.2) is 5.82 Å². The SMILES string of the molecule is CC(CC(=O)O)n1nnnc1Cc1cccs1. The Balaban J connectivity index is 2.13. The van der Waals surface area contributed by atoms with Gasteiger partial charge in [-0.2, -0.15) is 0 Å². The molecule has 2 rings (SSSR count). The Morgan fingerprint density at radius 2 is 2.47 bits per heavy atom. The van der Waals surface area contributed by atoms with Gasteiger partial charge in [0, 0.05) is 11.3 Å². The topological polar surface area (TPSA) is 80.9 Å². The molecular weight excluding hydrogens is 240 g/mol. The highest BCUT2D eigenvalue weighted by Crippen LogP contribution is 2.16. The lowest BCUT2D eigenvalue weighted by Gasteiger charge is -2.10. The van der Waals surface area contributed by atoms with E-state index in [-0.39, 0.29) is 12.5 Å². The number of carboxylic acid groups (broad SMARTS) is 1. The van der Waals surface area contributed by atoms with Crippen LogP contribution in [-0.4, -0.2) is 31.3 Å². The van der Waals surface area contributed by atoms with Crippen molar-refractivity contribution in [3.05, 3.63) is 28.2 Å². The normalized spacial score (nSPS) is 12.5. The largest absolute Gasteiger partial charge is 0.481 e. The minimum atomic E-state index is -0.852. The van der Waals surface area contributed by atoms with Crippen LogP contribution in [0.1, 0.15) is 30.1 Å². The molecule has 0 saturated heterocycles. The van der Waals surface area contributed by atoms with Crippen molar-refractivity contribution < 1.29 is 9.90 Å². The summed E-state index contributed by atoms with van der Waals surface area (Å²) in [5.41, 5.74) is 0. The average Bonchev–Trinajstić information content (AvgIpc) is 2.88. The van der Waals surface area contributed by atoms with Crippen LogP contribution in [0.2, 0.25) is 0 Å². The molecule has 2 aromatic rings. The molecule has 0 bridgehead atoms. The molecule has 0 aromatic carbocycles. The molecule has 2 aromatic heterocycles. The second-order valence-corrected chi connectivity index (χ2v) is 4.77. The van der Waals surface area contributed by atoms with Crippen molar-refractivity contribution >= 4 is 17.3 Å². The number of aliphatic carboxylic acids is 1. The predicted molar refractivity (Wildman–Crippen MR) is 61.9 cm³/mol. The summed E-state index contributed by atoms with van der Waals surface area (Å²) in [7, 11) is 0. The molecule has 7 heteroatoms. The van der Waals surface area contributed by atoms with Gasteiger partial charge in [0.2, 0.25) is 0 Å². The van der Waals surface area contributed by atoms with Gasteiger partial charge in [-0.1, -0.05) is 6.07 Å².